The lowest BCUT2D eigenvalue weighted by molar-refractivity contribution is -0.384. The largest absolute Gasteiger partial charge is 0.514 e. The minimum absolute atomic E-state index is 0.0300. The standard InChI is InChI=1S/C58H87NO13/c1-6-8-10-12-14-16-18-20-22-24-29-33-53(60)67-44-52(45-68-54(61)34-30-25-23-21-19-17-15-13-11-9-7-2)70-56(63)40-46(3)32-28-26-27-31-35-55(62)72-57-47(4)41-49(42-48(57)5)43-69-58(64)71-51-38-36-50(37-39-51)59(65)66/h12-15,36-39,41-42,46,52H,6-11,16-35,40,43-45H2,1-5H3/b14-12-,15-13-. The molecule has 0 saturated carbocycles. The molecule has 0 amide bonds. The molecule has 2 aromatic rings. The van der Waals surface area contributed by atoms with Gasteiger partial charge in [-0.3, -0.25) is 29.3 Å². The van der Waals surface area contributed by atoms with Crippen LogP contribution in [-0.2, 0) is 44.7 Å². The van der Waals surface area contributed by atoms with Crippen LogP contribution in [0.25, 0.3) is 0 Å². The quantitative estimate of drug-likeness (QED) is 0.00897. The number of hydrogen-bond donors (Lipinski definition) is 0. The van der Waals surface area contributed by atoms with Gasteiger partial charge in [0.05, 0.1) is 4.92 Å². The molecular formula is C58H87NO13. The topological polar surface area (TPSA) is 184 Å². The third kappa shape index (κ3) is 31.7. The van der Waals surface area contributed by atoms with Gasteiger partial charge in [0.2, 0.25) is 0 Å². The maximum atomic E-state index is 13.1. The van der Waals surface area contributed by atoms with Crippen molar-refractivity contribution in [3.8, 4) is 11.5 Å². The average Bonchev–Trinajstić information content (AvgIpc) is 3.34. The molecule has 72 heavy (non-hydrogen) atoms. The van der Waals surface area contributed by atoms with Crippen LogP contribution in [0, 0.1) is 29.9 Å². The molecule has 0 aliphatic carbocycles. The Bertz CT molecular complexity index is 1850. The Morgan fingerprint density at radius 3 is 1.53 bits per heavy atom. The number of esters is 4. The maximum absolute atomic E-state index is 13.1. The highest BCUT2D eigenvalue weighted by Gasteiger charge is 2.21. The number of aryl methyl sites for hydroxylation is 2. The zero-order valence-electron chi connectivity index (χ0n) is 44.4. The molecule has 402 valence electrons. The van der Waals surface area contributed by atoms with Crippen molar-refractivity contribution in [1.82, 2.24) is 0 Å². The smallest absolute Gasteiger partial charge is 0.462 e. The third-order valence-corrected chi connectivity index (χ3v) is 12.1. The summed E-state index contributed by atoms with van der Waals surface area (Å²) < 4.78 is 32.8. The molecule has 2 rings (SSSR count). The van der Waals surface area contributed by atoms with Gasteiger partial charge in [0.15, 0.2) is 6.10 Å². The molecule has 14 nitrogen and oxygen atoms in total. The fourth-order valence-corrected chi connectivity index (χ4v) is 7.96. The van der Waals surface area contributed by atoms with Crippen LogP contribution in [0.3, 0.4) is 0 Å². The van der Waals surface area contributed by atoms with E-state index in [9.17, 15) is 34.1 Å². The highest BCUT2D eigenvalue weighted by atomic mass is 16.7. The Hall–Kier alpha value is -5.53. The molecule has 0 radical (unpaired) electrons. The summed E-state index contributed by atoms with van der Waals surface area (Å²) in [6.07, 6.45) is 31.6. The summed E-state index contributed by atoms with van der Waals surface area (Å²) in [5, 5.41) is 10.8. The number of unbranched alkanes of at least 4 members (excludes halogenated alkanes) is 17. The van der Waals surface area contributed by atoms with Crippen LogP contribution in [0.15, 0.2) is 60.7 Å². The van der Waals surface area contributed by atoms with Crippen molar-refractivity contribution in [3.05, 3.63) is 87.5 Å². The summed E-state index contributed by atoms with van der Waals surface area (Å²) in [4.78, 5) is 73.6. The molecule has 0 aliphatic heterocycles. The van der Waals surface area contributed by atoms with E-state index >= 15 is 0 Å². The van der Waals surface area contributed by atoms with E-state index in [1.165, 1.54) is 49.9 Å². The second-order valence-corrected chi connectivity index (χ2v) is 19.0. The van der Waals surface area contributed by atoms with Crippen molar-refractivity contribution in [3.63, 3.8) is 0 Å². The molecular weight excluding hydrogens is 919 g/mol. The number of non-ortho nitro benzene ring substituents is 1. The van der Waals surface area contributed by atoms with E-state index < -0.39 is 23.2 Å². The number of nitrogens with zero attached hydrogens (tertiary/aromatic N) is 1. The molecule has 0 fully saturated rings. The monoisotopic (exact) mass is 1010 g/mol. The summed E-state index contributed by atoms with van der Waals surface area (Å²) in [7, 11) is 0. The van der Waals surface area contributed by atoms with Crippen molar-refractivity contribution >= 4 is 35.7 Å². The van der Waals surface area contributed by atoms with Crippen LogP contribution in [-0.4, -0.2) is 54.3 Å². The van der Waals surface area contributed by atoms with Crippen molar-refractivity contribution in [2.24, 2.45) is 5.92 Å². The fraction of sp³-hybridized carbons (Fsp3) is 0.638. The normalized spacial score (nSPS) is 11.8. The predicted molar refractivity (Wildman–Crippen MR) is 281 cm³/mol. The van der Waals surface area contributed by atoms with Gasteiger partial charge in [-0.1, -0.05) is 135 Å². The van der Waals surface area contributed by atoms with E-state index in [0.717, 1.165) is 116 Å². The van der Waals surface area contributed by atoms with E-state index in [-0.39, 0.29) is 80.8 Å². The van der Waals surface area contributed by atoms with E-state index in [2.05, 4.69) is 38.2 Å². The molecule has 0 heterocycles. The number of ether oxygens (including phenoxy) is 6. The number of allylic oxidation sites excluding steroid dienone is 4. The molecule has 1 atom stereocenters. The molecule has 0 aliphatic rings. The molecule has 14 heteroatoms. The molecule has 1 unspecified atom stereocenters. The molecule has 0 saturated heterocycles. The average molecular weight is 1010 g/mol. The van der Waals surface area contributed by atoms with Crippen LogP contribution >= 0.6 is 0 Å². The van der Waals surface area contributed by atoms with Gasteiger partial charge in [0.25, 0.3) is 5.69 Å². The van der Waals surface area contributed by atoms with Gasteiger partial charge >= 0.3 is 30.0 Å². The summed E-state index contributed by atoms with van der Waals surface area (Å²) in [6, 6.07) is 8.58. The predicted octanol–water partition coefficient (Wildman–Crippen LogP) is 15.2. The minimum atomic E-state index is -0.963. The molecule has 0 spiro atoms. The van der Waals surface area contributed by atoms with Crippen molar-refractivity contribution in [2.75, 3.05) is 13.2 Å². The van der Waals surface area contributed by atoms with E-state index in [4.69, 9.17) is 28.4 Å². The van der Waals surface area contributed by atoms with Gasteiger partial charge in [0, 0.05) is 37.8 Å². The number of nitro groups is 1. The number of carbonyl (C=O) groups is 5. The third-order valence-electron chi connectivity index (χ3n) is 12.1. The second-order valence-electron chi connectivity index (χ2n) is 19.0. The number of hydrogen-bond acceptors (Lipinski definition) is 13. The lowest BCUT2D eigenvalue weighted by atomic mass is 9.99. The first-order valence-corrected chi connectivity index (χ1v) is 27.0. The summed E-state index contributed by atoms with van der Waals surface area (Å²) >= 11 is 0. The Morgan fingerprint density at radius 2 is 1.03 bits per heavy atom. The van der Waals surface area contributed by atoms with Gasteiger partial charge in [-0.05, 0) is 119 Å². The highest BCUT2D eigenvalue weighted by Crippen LogP contribution is 2.27. The lowest BCUT2D eigenvalue weighted by Crippen LogP contribution is -2.31. The van der Waals surface area contributed by atoms with E-state index in [1.807, 2.05) is 6.92 Å². The maximum Gasteiger partial charge on any atom is 0.514 e. The van der Waals surface area contributed by atoms with Crippen LogP contribution in [0.1, 0.15) is 211 Å². The molecule has 2 aromatic carbocycles. The van der Waals surface area contributed by atoms with E-state index in [0.29, 0.717) is 28.9 Å². The SMILES string of the molecule is CCCC/C=C\CCCCCCCC(=O)OCC(COC(=O)CCCCCCC/C=C\CCCC)OC(=O)CC(C)CCCCCCC(=O)Oc1c(C)cc(COC(=O)Oc2ccc([N+](=O)[O-])cc2)cc1C. The summed E-state index contributed by atoms with van der Waals surface area (Å²) in [6.45, 7) is 9.55. The molecule has 0 aromatic heterocycles. The lowest BCUT2D eigenvalue weighted by Gasteiger charge is -2.19. The minimum Gasteiger partial charge on any atom is -0.462 e. The summed E-state index contributed by atoms with van der Waals surface area (Å²) in [5.74, 6) is -0.899. The van der Waals surface area contributed by atoms with E-state index in [1.54, 1.807) is 26.0 Å². The molecule has 0 N–H and O–H groups in total. The molecule has 0 bridgehead atoms. The van der Waals surface area contributed by atoms with Crippen LogP contribution < -0.4 is 9.47 Å². The first-order chi connectivity index (χ1) is 34.8. The van der Waals surface area contributed by atoms with Crippen LogP contribution in [0.4, 0.5) is 10.5 Å². The number of carbonyl (C=O) groups excluding carboxylic acids is 5. The van der Waals surface area contributed by atoms with Crippen LogP contribution in [0.2, 0.25) is 0 Å². The number of rotatable bonds is 41. The van der Waals surface area contributed by atoms with Gasteiger partial charge in [-0.2, -0.15) is 0 Å². The van der Waals surface area contributed by atoms with Gasteiger partial charge in [0.1, 0.15) is 31.3 Å². The van der Waals surface area contributed by atoms with Crippen molar-refractivity contribution < 1.29 is 57.3 Å². The van der Waals surface area contributed by atoms with Crippen molar-refractivity contribution in [2.45, 2.75) is 221 Å². The Balaban J connectivity index is 1.72. The Labute approximate surface area is 430 Å². The van der Waals surface area contributed by atoms with Gasteiger partial charge < -0.3 is 28.4 Å². The first-order valence-electron chi connectivity index (χ1n) is 27.0. The zero-order valence-corrected chi connectivity index (χ0v) is 44.4. The second kappa shape index (κ2) is 40.0. The number of benzene rings is 2. The first kappa shape index (κ1) is 62.6. The zero-order chi connectivity index (χ0) is 52.6. The van der Waals surface area contributed by atoms with Gasteiger partial charge in [-0.25, -0.2) is 4.79 Å². The van der Waals surface area contributed by atoms with Gasteiger partial charge in [-0.15, -0.1) is 0 Å². The number of nitro benzene ring substituents is 1. The summed E-state index contributed by atoms with van der Waals surface area (Å²) in [5.41, 5.74) is 1.94. The van der Waals surface area contributed by atoms with Crippen LogP contribution in [0.5, 0.6) is 11.5 Å². The highest BCUT2D eigenvalue weighted by molar-refractivity contribution is 5.73. The Morgan fingerprint density at radius 1 is 0.569 bits per heavy atom. The van der Waals surface area contributed by atoms with Crippen molar-refractivity contribution in [1.29, 1.82) is 0 Å². The fourth-order valence-electron chi connectivity index (χ4n) is 7.96. The Kier molecular flexibility index (Phi) is 34.8.